The van der Waals surface area contributed by atoms with Gasteiger partial charge in [0.1, 0.15) is 0 Å². The van der Waals surface area contributed by atoms with Gasteiger partial charge in [-0.3, -0.25) is 4.79 Å². The molecule has 5 nitrogen and oxygen atoms in total. The van der Waals surface area contributed by atoms with E-state index in [0.29, 0.717) is 30.3 Å². The van der Waals surface area contributed by atoms with Crippen LogP contribution in [-0.4, -0.2) is 33.4 Å². The Hall–Kier alpha value is -1.88. The predicted octanol–water partition coefficient (Wildman–Crippen LogP) is 6.63. The number of carboxylic acid groups (broad SMARTS) is 2. The van der Waals surface area contributed by atoms with Crippen LogP contribution in [-0.2, 0) is 9.59 Å². The number of rotatable bonds is 9. The van der Waals surface area contributed by atoms with Crippen LogP contribution in [0, 0.1) is 39.9 Å². The van der Waals surface area contributed by atoms with E-state index in [1.165, 1.54) is 5.57 Å². The molecule has 0 amide bonds. The maximum absolute atomic E-state index is 11.5. The minimum atomic E-state index is -0.849. The average Bonchev–Trinajstić information content (AvgIpc) is 3.03. The molecule has 3 aliphatic carbocycles. The number of carbonyl (C=O) groups is 2. The molecule has 0 radical (unpaired) electrons. The van der Waals surface area contributed by atoms with Crippen molar-refractivity contribution in [1.29, 1.82) is 0 Å². The van der Waals surface area contributed by atoms with Crippen molar-refractivity contribution >= 4 is 11.9 Å². The summed E-state index contributed by atoms with van der Waals surface area (Å²) in [5, 5.41) is 30.0. The second-order valence-electron chi connectivity index (χ2n) is 12.6. The summed E-state index contributed by atoms with van der Waals surface area (Å²) in [4.78, 5) is 22.7. The highest BCUT2D eigenvalue weighted by Gasteiger charge is 2.64. The van der Waals surface area contributed by atoms with Gasteiger partial charge in [-0.15, -0.1) is 0 Å². The predicted molar refractivity (Wildman–Crippen MR) is 139 cm³/mol. The monoisotopic (exact) mass is 486 g/mol. The number of hydrogen-bond donors (Lipinski definition) is 3. The fourth-order valence-corrected chi connectivity index (χ4v) is 8.55. The Balaban J connectivity index is 1.93. The van der Waals surface area contributed by atoms with Gasteiger partial charge in [0.15, 0.2) is 0 Å². The SMILES string of the molecule is C=C(C)[C@@H]1[C@H](O)C[C@@H]2C(=CC[C@]3(C)[C@@H]([C@H](C)CC/C=C(\C)C(=O)O)CC[C@@]23C)[C@@]1(C)CCC(=O)O. The quantitative estimate of drug-likeness (QED) is 0.251. The number of allylic oxidation sites excluding steroid dienone is 3. The highest BCUT2D eigenvalue weighted by atomic mass is 16.4. The van der Waals surface area contributed by atoms with E-state index in [1.807, 2.05) is 13.0 Å². The standard InChI is InChI=1S/C30H46O5/c1-18(2)26-24(31)17-23-22(28(26,5)14-13-25(32)33)12-16-29(6)21(11-15-30(23,29)7)19(3)9-8-10-20(4)27(34)35/h10,12,19,21,23-24,26,31H,1,8-9,11,13-17H2,2-7H3,(H,32,33)(H,34,35)/b20-10+/t19-,21-,23-,24-,26-,28-,29-,30+/m1/s1. The number of aliphatic hydroxyl groups is 1. The van der Waals surface area contributed by atoms with Crippen molar-refractivity contribution in [3.05, 3.63) is 35.5 Å². The molecule has 0 aromatic heterocycles. The molecule has 0 heterocycles. The summed E-state index contributed by atoms with van der Waals surface area (Å²) in [7, 11) is 0. The molecule has 0 aliphatic heterocycles. The first-order valence-electron chi connectivity index (χ1n) is 13.3. The van der Waals surface area contributed by atoms with Gasteiger partial charge in [-0.1, -0.05) is 57.6 Å². The van der Waals surface area contributed by atoms with Gasteiger partial charge in [0.25, 0.3) is 0 Å². The molecular formula is C30H46O5. The molecule has 2 saturated carbocycles. The summed E-state index contributed by atoms with van der Waals surface area (Å²) in [6.07, 6.45) is 10.0. The summed E-state index contributed by atoms with van der Waals surface area (Å²) in [6, 6.07) is 0. The van der Waals surface area contributed by atoms with Crippen molar-refractivity contribution in [3.63, 3.8) is 0 Å². The molecule has 0 unspecified atom stereocenters. The lowest BCUT2D eigenvalue weighted by Crippen LogP contribution is -2.55. The largest absolute Gasteiger partial charge is 0.481 e. The van der Waals surface area contributed by atoms with Crippen molar-refractivity contribution in [2.24, 2.45) is 39.9 Å². The second-order valence-corrected chi connectivity index (χ2v) is 12.6. The topological polar surface area (TPSA) is 94.8 Å². The molecule has 3 aliphatic rings. The van der Waals surface area contributed by atoms with Crippen LogP contribution in [0.5, 0.6) is 0 Å². The van der Waals surface area contributed by atoms with Gasteiger partial charge in [-0.2, -0.15) is 0 Å². The highest BCUT2D eigenvalue weighted by Crippen LogP contribution is 2.71. The van der Waals surface area contributed by atoms with E-state index in [4.69, 9.17) is 5.11 Å². The summed E-state index contributed by atoms with van der Waals surface area (Å²) < 4.78 is 0. The van der Waals surface area contributed by atoms with E-state index in [0.717, 1.165) is 37.7 Å². The summed E-state index contributed by atoms with van der Waals surface area (Å²) in [5.74, 6) is -0.528. The lowest BCUT2D eigenvalue weighted by atomic mass is 9.44. The fraction of sp³-hybridized carbons (Fsp3) is 0.733. The number of fused-ring (bicyclic) bond motifs is 3. The first-order valence-corrected chi connectivity index (χ1v) is 13.3. The Morgan fingerprint density at radius 3 is 2.43 bits per heavy atom. The van der Waals surface area contributed by atoms with Crippen molar-refractivity contribution in [2.75, 3.05) is 0 Å². The van der Waals surface area contributed by atoms with Crippen LogP contribution in [0.25, 0.3) is 0 Å². The van der Waals surface area contributed by atoms with Crippen molar-refractivity contribution < 1.29 is 24.9 Å². The summed E-state index contributed by atoms with van der Waals surface area (Å²) in [5.41, 5.74) is 2.43. The van der Waals surface area contributed by atoms with Crippen LogP contribution in [0.3, 0.4) is 0 Å². The molecule has 3 N–H and O–H groups in total. The number of hydrogen-bond acceptors (Lipinski definition) is 3. The van der Waals surface area contributed by atoms with Gasteiger partial charge in [0, 0.05) is 17.9 Å². The highest BCUT2D eigenvalue weighted by molar-refractivity contribution is 5.85. The van der Waals surface area contributed by atoms with Crippen molar-refractivity contribution in [2.45, 2.75) is 99.0 Å². The fourth-order valence-electron chi connectivity index (χ4n) is 8.55. The number of aliphatic hydroxyl groups excluding tert-OH is 1. The van der Waals surface area contributed by atoms with Gasteiger partial charge in [-0.05, 0) is 92.8 Å². The molecule has 35 heavy (non-hydrogen) atoms. The average molecular weight is 487 g/mol. The van der Waals surface area contributed by atoms with Crippen LogP contribution in [0.2, 0.25) is 0 Å². The van der Waals surface area contributed by atoms with Crippen LogP contribution < -0.4 is 0 Å². The molecule has 8 atom stereocenters. The Bertz CT molecular complexity index is 931. The molecule has 0 aromatic rings. The van der Waals surface area contributed by atoms with E-state index >= 15 is 0 Å². The summed E-state index contributed by atoms with van der Waals surface area (Å²) in [6.45, 7) is 17.1. The van der Waals surface area contributed by atoms with Gasteiger partial charge in [-0.25, -0.2) is 4.79 Å². The lowest BCUT2D eigenvalue weighted by molar-refractivity contribution is -0.138. The Morgan fingerprint density at radius 1 is 1.20 bits per heavy atom. The van der Waals surface area contributed by atoms with Crippen molar-refractivity contribution in [3.8, 4) is 0 Å². The smallest absolute Gasteiger partial charge is 0.330 e. The van der Waals surface area contributed by atoms with E-state index < -0.39 is 23.5 Å². The second kappa shape index (κ2) is 9.88. The molecule has 5 heteroatoms. The van der Waals surface area contributed by atoms with Crippen LogP contribution >= 0.6 is 0 Å². The first-order chi connectivity index (χ1) is 16.2. The lowest BCUT2D eigenvalue weighted by Gasteiger charge is -2.61. The summed E-state index contributed by atoms with van der Waals surface area (Å²) >= 11 is 0. The Labute approximate surface area is 211 Å². The zero-order valence-electron chi connectivity index (χ0n) is 22.6. The Kier molecular flexibility index (Phi) is 7.82. The number of aliphatic carboxylic acids is 2. The van der Waals surface area contributed by atoms with Gasteiger partial charge < -0.3 is 15.3 Å². The molecule has 2 fully saturated rings. The van der Waals surface area contributed by atoms with E-state index in [1.54, 1.807) is 6.92 Å². The Morgan fingerprint density at radius 2 is 1.86 bits per heavy atom. The first kappa shape index (κ1) is 27.7. The zero-order valence-corrected chi connectivity index (χ0v) is 22.6. The van der Waals surface area contributed by atoms with E-state index in [9.17, 15) is 19.8 Å². The van der Waals surface area contributed by atoms with Crippen LogP contribution in [0.15, 0.2) is 35.5 Å². The molecule has 0 saturated heterocycles. The van der Waals surface area contributed by atoms with Crippen molar-refractivity contribution in [1.82, 2.24) is 0 Å². The molecule has 0 spiro atoms. The van der Waals surface area contributed by atoms with Crippen LogP contribution in [0.1, 0.15) is 92.9 Å². The van der Waals surface area contributed by atoms with Gasteiger partial charge in [0.05, 0.1) is 6.10 Å². The van der Waals surface area contributed by atoms with Crippen LogP contribution in [0.4, 0.5) is 0 Å². The third kappa shape index (κ3) is 4.65. The zero-order chi connectivity index (χ0) is 26.3. The third-order valence-corrected chi connectivity index (χ3v) is 10.7. The molecule has 0 bridgehead atoms. The maximum Gasteiger partial charge on any atom is 0.330 e. The normalized spacial score (nSPS) is 39.9. The van der Waals surface area contributed by atoms with E-state index in [-0.39, 0.29) is 29.1 Å². The van der Waals surface area contributed by atoms with Gasteiger partial charge in [0.2, 0.25) is 0 Å². The van der Waals surface area contributed by atoms with E-state index in [2.05, 4.69) is 40.3 Å². The molecule has 196 valence electrons. The van der Waals surface area contributed by atoms with Gasteiger partial charge >= 0.3 is 11.9 Å². The minimum Gasteiger partial charge on any atom is -0.481 e. The minimum absolute atomic E-state index is 0.0361. The third-order valence-electron chi connectivity index (χ3n) is 10.7. The number of carboxylic acids is 2. The molecule has 3 rings (SSSR count). The molecule has 0 aromatic carbocycles. The maximum atomic E-state index is 11.5. The molecular weight excluding hydrogens is 440 g/mol.